The largest absolute Gasteiger partial charge is 0.756 e. The lowest BCUT2D eigenvalue weighted by Gasteiger charge is -2.32. The number of carbonyl (C=O) groups is 1. The highest BCUT2D eigenvalue weighted by atomic mass is 31.3. The molecule has 8 N–H and O–H groups in total. The van der Waals surface area contributed by atoms with E-state index in [1.807, 2.05) is 55.5 Å². The van der Waals surface area contributed by atoms with Crippen LogP contribution in [0.15, 0.2) is 71.7 Å². The van der Waals surface area contributed by atoms with Crippen molar-refractivity contribution in [1.82, 2.24) is 19.9 Å². The molecule has 63 heavy (non-hydrogen) atoms. The highest BCUT2D eigenvalue weighted by molar-refractivity contribution is 7.65. The minimum atomic E-state index is -6.11. The number of hydrogen-bond donors (Lipinski definition) is 6. The zero-order chi connectivity index (χ0) is 45.4. The van der Waals surface area contributed by atoms with Crippen LogP contribution in [0.25, 0.3) is 29.3 Å². The number of nitrogens with one attached hydrogen (secondary N) is 2. The molecule has 0 saturated carbocycles. The summed E-state index contributed by atoms with van der Waals surface area (Å²) in [5.74, 6) is 0.827. The molecule has 0 bridgehead atoms. The lowest BCUT2D eigenvalue weighted by molar-refractivity contribution is -0.250. The van der Waals surface area contributed by atoms with Crippen LogP contribution in [0.1, 0.15) is 64.5 Å². The van der Waals surface area contributed by atoms with E-state index < -0.39 is 54.1 Å². The predicted octanol–water partition coefficient (Wildman–Crippen LogP) is 1.67. The SMILES string of the molecule is C=c1ccc2c(c1)Oc1cc(N)ccc1C=2c1ccc(C(=O)NCCCC/C=C/c2cn([C@@H]3O[C@H](COP(=O)([O-])OP(=O)([O-])OP(=O)([O-])O)CC3O)c3nc(N)[nH]c(=O)c23)cc1C. The Morgan fingerprint density at radius 1 is 1.05 bits per heavy atom. The molecule has 3 aromatic carbocycles. The summed E-state index contributed by atoms with van der Waals surface area (Å²) < 4.78 is 58.9. The number of nitrogen functional groups attached to an aromatic ring is 2. The van der Waals surface area contributed by atoms with E-state index in [1.165, 1.54) is 10.8 Å². The number of nitrogens with zero attached hydrogens (tertiary/aromatic N) is 2. The highest BCUT2D eigenvalue weighted by Gasteiger charge is 2.38. The summed E-state index contributed by atoms with van der Waals surface area (Å²) in [6.07, 6.45) is 2.78. The van der Waals surface area contributed by atoms with Gasteiger partial charge in [0.1, 0.15) is 17.6 Å². The maximum Gasteiger partial charge on any atom is 0.280 e. The van der Waals surface area contributed by atoms with Gasteiger partial charge < -0.3 is 60.0 Å². The van der Waals surface area contributed by atoms with Crippen molar-refractivity contribution in [2.24, 2.45) is 0 Å². The van der Waals surface area contributed by atoms with Crippen LogP contribution in [0.4, 0.5) is 11.6 Å². The lowest BCUT2D eigenvalue weighted by atomic mass is 9.89. The molecule has 24 heteroatoms. The first-order chi connectivity index (χ1) is 29.7. The summed E-state index contributed by atoms with van der Waals surface area (Å²) in [6, 6.07) is 16.8. The number of rotatable bonds is 16. The molecule has 2 aliphatic rings. The molecule has 1 amide bonds. The Bertz CT molecular complexity index is 2970. The van der Waals surface area contributed by atoms with Crippen molar-refractivity contribution >= 4 is 70.3 Å². The first-order valence-electron chi connectivity index (χ1n) is 19.1. The van der Waals surface area contributed by atoms with Crippen molar-refractivity contribution in [3.8, 4) is 11.5 Å². The maximum absolute atomic E-state index is 13.2. The zero-order valence-electron chi connectivity index (χ0n) is 33.2. The Morgan fingerprint density at radius 3 is 2.56 bits per heavy atom. The van der Waals surface area contributed by atoms with E-state index >= 15 is 0 Å². The van der Waals surface area contributed by atoms with Crippen LogP contribution in [-0.2, 0) is 31.6 Å². The second-order valence-electron chi connectivity index (χ2n) is 14.7. The van der Waals surface area contributed by atoms with Gasteiger partial charge >= 0.3 is 0 Å². The topological polar surface area (TPSA) is 339 Å². The first kappa shape index (κ1) is 45.8. The minimum Gasteiger partial charge on any atom is -0.756 e. The third-order valence-corrected chi connectivity index (χ3v) is 13.6. The number of aromatic amines is 1. The van der Waals surface area contributed by atoms with E-state index in [-0.39, 0.29) is 29.3 Å². The van der Waals surface area contributed by atoms with Crippen LogP contribution in [0.5, 0.6) is 11.5 Å². The zero-order valence-corrected chi connectivity index (χ0v) is 35.9. The Morgan fingerprint density at radius 2 is 1.81 bits per heavy atom. The molecule has 0 spiro atoms. The third-order valence-electron chi connectivity index (χ3n) is 9.94. The molecule has 0 aliphatic carbocycles. The number of allylic oxidation sites excluding steroid dienone is 1. The number of phosphoric ester groups is 1. The Hall–Kier alpha value is -5.24. The number of aromatic nitrogens is 3. The summed E-state index contributed by atoms with van der Waals surface area (Å²) in [6.45, 7) is 5.47. The number of H-pyrrole nitrogens is 1. The van der Waals surface area contributed by atoms with Crippen LogP contribution in [0, 0.1) is 6.92 Å². The summed E-state index contributed by atoms with van der Waals surface area (Å²) in [7, 11) is -17.8. The van der Waals surface area contributed by atoms with Gasteiger partial charge in [-0.25, -0.2) is 8.62 Å². The van der Waals surface area contributed by atoms with E-state index in [0.29, 0.717) is 54.1 Å². The third kappa shape index (κ3) is 10.8. The molecule has 21 nitrogen and oxygen atoms in total. The average molecular weight is 926 g/mol. The summed E-state index contributed by atoms with van der Waals surface area (Å²) >= 11 is 0. The molecule has 5 aromatic rings. The van der Waals surface area contributed by atoms with Crippen molar-refractivity contribution in [2.45, 2.75) is 51.0 Å². The molecular formula is C39H40N6O15P3-3. The van der Waals surface area contributed by atoms with Crippen LogP contribution < -0.4 is 52.2 Å². The second-order valence-corrected chi connectivity index (χ2v) is 19.0. The number of benzene rings is 3. The average Bonchev–Trinajstić information content (AvgIpc) is 3.73. The smallest absolute Gasteiger partial charge is 0.280 e. The number of hydrogen-bond acceptors (Lipinski definition) is 17. The van der Waals surface area contributed by atoms with Gasteiger partial charge in [-0.1, -0.05) is 36.9 Å². The molecule has 0 radical (unpaired) electrons. The number of amides is 1. The molecule has 6 atom stereocenters. The molecule has 4 heterocycles. The molecule has 2 aromatic heterocycles. The molecule has 334 valence electrons. The van der Waals surface area contributed by atoms with Crippen molar-refractivity contribution in [1.29, 1.82) is 0 Å². The number of ether oxygens (including phenoxy) is 2. The normalized spacial score (nSPS) is 20.1. The van der Waals surface area contributed by atoms with Crippen LogP contribution in [0.2, 0.25) is 0 Å². The van der Waals surface area contributed by atoms with E-state index in [0.717, 1.165) is 32.7 Å². The van der Waals surface area contributed by atoms with Crippen molar-refractivity contribution in [3.63, 3.8) is 0 Å². The summed E-state index contributed by atoms with van der Waals surface area (Å²) in [4.78, 5) is 75.6. The Balaban J connectivity index is 0.954. The van der Waals surface area contributed by atoms with Gasteiger partial charge in [-0.05, 0) is 72.9 Å². The van der Waals surface area contributed by atoms with Crippen LogP contribution in [-0.4, -0.2) is 55.8 Å². The molecule has 2 aliphatic heterocycles. The van der Waals surface area contributed by atoms with Crippen LogP contribution in [0.3, 0.4) is 0 Å². The van der Waals surface area contributed by atoms with E-state index in [9.17, 15) is 43.1 Å². The van der Waals surface area contributed by atoms with Gasteiger partial charge in [0.25, 0.3) is 34.9 Å². The summed E-state index contributed by atoms with van der Waals surface area (Å²) in [5, 5.41) is 15.6. The number of aliphatic hydroxyl groups is 1. The van der Waals surface area contributed by atoms with Crippen molar-refractivity contribution in [2.75, 3.05) is 24.6 Å². The summed E-state index contributed by atoms with van der Waals surface area (Å²) in [5.41, 5.74) is 16.4. The number of carbonyl (C=O) groups excluding carboxylic acids is 1. The van der Waals surface area contributed by atoms with Crippen molar-refractivity contribution in [3.05, 3.63) is 115 Å². The van der Waals surface area contributed by atoms with Gasteiger partial charge in [0.05, 0.1) is 18.1 Å². The van der Waals surface area contributed by atoms with E-state index in [4.69, 9.17) is 25.8 Å². The van der Waals surface area contributed by atoms with Crippen molar-refractivity contribution < 1.29 is 65.8 Å². The van der Waals surface area contributed by atoms with Gasteiger partial charge in [0.15, 0.2) is 11.9 Å². The number of aliphatic hydroxyl groups excluding tert-OH is 1. The van der Waals surface area contributed by atoms with Crippen LogP contribution >= 0.6 is 23.5 Å². The molecule has 7 rings (SSSR count). The molecule has 1 saturated heterocycles. The van der Waals surface area contributed by atoms with E-state index in [1.54, 1.807) is 18.2 Å². The van der Waals surface area contributed by atoms with Gasteiger partial charge in [-0.3, -0.25) is 28.3 Å². The molecule has 1 fully saturated rings. The minimum absolute atomic E-state index is 0.0274. The van der Waals surface area contributed by atoms with Gasteiger partial charge in [0, 0.05) is 58.4 Å². The molecular weight excluding hydrogens is 885 g/mol. The quantitative estimate of drug-likeness (QED) is 0.0457. The standard InChI is InChI=1S/C39H43N6O15P3/c1-21-8-11-28-31(15-21)58-32-17-25(40)10-13-29(32)34(28)27-12-9-23(16-22(27)2)36(47)42-14-6-4-3-5-7-24-19-45(35-33(24)37(48)44-39(41)43-35)38-30(46)18-26(57-38)20-56-62(52,53)60-63(54,55)59-61(49,50)51/h5,7-13,15-17,19,26,30,38,46H,1,3-4,6,14,18,20,40H2,2H3,(H,42,47)(H,52,53)(H,54,55)(H2,49,50,51)(H3,41,43,44,48)/p-3/b7-5+/t26-,30?,38+/m0/s1. The van der Waals surface area contributed by atoms with E-state index in [2.05, 4.69) is 35.0 Å². The van der Waals surface area contributed by atoms with Gasteiger partial charge in [-0.15, -0.1) is 0 Å². The highest BCUT2D eigenvalue weighted by Crippen LogP contribution is 2.61. The van der Waals surface area contributed by atoms with Gasteiger partial charge in [0.2, 0.25) is 5.95 Å². The number of phosphoric acid groups is 3. The maximum atomic E-state index is 13.2. The Kier molecular flexibility index (Phi) is 13.1. The van der Waals surface area contributed by atoms with Gasteiger partial charge in [-0.2, -0.15) is 4.98 Å². The second kappa shape index (κ2) is 18.1. The Labute approximate surface area is 357 Å². The number of nitrogens with two attached hydrogens (primary N) is 2. The fraction of sp³-hybridized carbons (Fsp3) is 0.256. The first-order valence-corrected chi connectivity index (χ1v) is 23.5. The lowest BCUT2D eigenvalue weighted by Crippen LogP contribution is -2.24. The monoisotopic (exact) mass is 925 g/mol. The predicted molar refractivity (Wildman–Crippen MR) is 223 cm³/mol. The number of aryl methyl sites for hydroxylation is 1. The fourth-order valence-electron chi connectivity index (χ4n) is 7.30. The number of anilines is 2. The molecule has 4 unspecified atom stereocenters. The number of unbranched alkanes of at least 4 members (excludes halogenated alkanes) is 2. The number of fused-ring (bicyclic) bond motifs is 3. The fourth-order valence-corrected chi connectivity index (χ4v) is 10.2.